The van der Waals surface area contributed by atoms with E-state index in [2.05, 4.69) is 38.1 Å². The van der Waals surface area contributed by atoms with Crippen molar-refractivity contribution >= 4 is 0 Å². The second-order valence-electron chi connectivity index (χ2n) is 3.65. The van der Waals surface area contributed by atoms with Gasteiger partial charge in [-0.2, -0.15) is 0 Å². The predicted molar refractivity (Wildman–Crippen MR) is 59.6 cm³/mol. The minimum atomic E-state index is 0.583. The van der Waals surface area contributed by atoms with Crippen LogP contribution in [0.3, 0.4) is 0 Å². The minimum absolute atomic E-state index is 0.583. The van der Waals surface area contributed by atoms with E-state index in [-0.39, 0.29) is 0 Å². The maximum Gasteiger partial charge on any atom is 0.0123 e. The summed E-state index contributed by atoms with van der Waals surface area (Å²) in [5.41, 5.74) is 1.41. The fourth-order valence-corrected chi connectivity index (χ4v) is 1.06. The standard InChI is InChI=1S/C12H21N/c1-5-6-8-12(4)9-7-10-13-11(2)3/h1,9,11,13H,6-8,10H2,2-4H3. The Balaban J connectivity index is 3.43. The Labute approximate surface area is 82.6 Å². The molecule has 0 aliphatic rings. The van der Waals surface area contributed by atoms with E-state index in [0.717, 1.165) is 25.8 Å². The van der Waals surface area contributed by atoms with Gasteiger partial charge in [0.15, 0.2) is 0 Å². The topological polar surface area (TPSA) is 12.0 Å². The Hall–Kier alpha value is -0.740. The van der Waals surface area contributed by atoms with E-state index in [1.165, 1.54) is 5.57 Å². The highest BCUT2D eigenvalue weighted by Gasteiger charge is 1.90. The van der Waals surface area contributed by atoms with Crippen molar-refractivity contribution in [3.05, 3.63) is 11.6 Å². The van der Waals surface area contributed by atoms with Crippen LogP contribution in [0.4, 0.5) is 0 Å². The van der Waals surface area contributed by atoms with Crippen LogP contribution in [0.2, 0.25) is 0 Å². The van der Waals surface area contributed by atoms with Crippen LogP contribution >= 0.6 is 0 Å². The van der Waals surface area contributed by atoms with Crippen LogP contribution in [0.1, 0.15) is 40.0 Å². The molecule has 0 heterocycles. The van der Waals surface area contributed by atoms with Crippen LogP contribution in [0.5, 0.6) is 0 Å². The van der Waals surface area contributed by atoms with Gasteiger partial charge in [-0.15, -0.1) is 12.3 Å². The van der Waals surface area contributed by atoms with Crippen LogP contribution in [0.25, 0.3) is 0 Å². The molecule has 0 radical (unpaired) electrons. The van der Waals surface area contributed by atoms with Gasteiger partial charge in [-0.25, -0.2) is 0 Å². The fourth-order valence-electron chi connectivity index (χ4n) is 1.06. The molecule has 0 atom stereocenters. The second-order valence-corrected chi connectivity index (χ2v) is 3.65. The van der Waals surface area contributed by atoms with E-state index in [0.29, 0.717) is 6.04 Å². The van der Waals surface area contributed by atoms with Crippen LogP contribution in [0.15, 0.2) is 11.6 Å². The average molecular weight is 179 g/mol. The minimum Gasteiger partial charge on any atom is -0.314 e. The molecule has 13 heavy (non-hydrogen) atoms. The molecule has 0 fully saturated rings. The molecule has 1 nitrogen and oxygen atoms in total. The van der Waals surface area contributed by atoms with Gasteiger partial charge in [0.25, 0.3) is 0 Å². The number of rotatable bonds is 6. The number of allylic oxidation sites excluding steroid dienone is 1. The summed E-state index contributed by atoms with van der Waals surface area (Å²) in [5.74, 6) is 2.65. The van der Waals surface area contributed by atoms with Gasteiger partial charge >= 0.3 is 0 Å². The summed E-state index contributed by atoms with van der Waals surface area (Å²) in [4.78, 5) is 0. The highest BCUT2D eigenvalue weighted by molar-refractivity contribution is 5.01. The highest BCUT2D eigenvalue weighted by atomic mass is 14.9. The number of nitrogens with one attached hydrogen (secondary N) is 1. The van der Waals surface area contributed by atoms with E-state index in [9.17, 15) is 0 Å². The number of terminal acetylenes is 1. The van der Waals surface area contributed by atoms with Crippen molar-refractivity contribution in [1.82, 2.24) is 5.32 Å². The van der Waals surface area contributed by atoms with Gasteiger partial charge in [0.1, 0.15) is 0 Å². The van der Waals surface area contributed by atoms with Crippen molar-refractivity contribution < 1.29 is 0 Å². The Bertz CT molecular complexity index is 184. The molecule has 1 N–H and O–H groups in total. The molecule has 0 aromatic carbocycles. The molecule has 0 bridgehead atoms. The molecule has 0 aromatic heterocycles. The summed E-state index contributed by atoms with van der Waals surface area (Å²) >= 11 is 0. The van der Waals surface area contributed by atoms with Gasteiger partial charge in [-0.3, -0.25) is 0 Å². The van der Waals surface area contributed by atoms with Gasteiger partial charge < -0.3 is 5.32 Å². The molecule has 0 aliphatic heterocycles. The van der Waals surface area contributed by atoms with Crippen molar-refractivity contribution in [2.75, 3.05) is 6.54 Å². The first-order chi connectivity index (χ1) is 6.16. The smallest absolute Gasteiger partial charge is 0.0123 e. The predicted octanol–water partition coefficient (Wildman–Crippen LogP) is 2.73. The molecule has 1 heteroatoms. The molecular formula is C12H21N. The summed E-state index contributed by atoms with van der Waals surface area (Å²) in [6.07, 6.45) is 10.5. The monoisotopic (exact) mass is 179 g/mol. The van der Waals surface area contributed by atoms with Gasteiger partial charge in [-0.1, -0.05) is 25.5 Å². The highest BCUT2D eigenvalue weighted by Crippen LogP contribution is 2.03. The Kier molecular flexibility index (Phi) is 7.44. The van der Waals surface area contributed by atoms with Gasteiger partial charge in [-0.05, 0) is 26.3 Å². The molecule has 0 saturated heterocycles. The molecule has 0 rings (SSSR count). The summed E-state index contributed by atoms with van der Waals surface area (Å²) in [5, 5.41) is 3.37. The zero-order chi connectivity index (χ0) is 10.1. The zero-order valence-corrected chi connectivity index (χ0v) is 9.06. The summed E-state index contributed by atoms with van der Waals surface area (Å²) in [7, 11) is 0. The van der Waals surface area contributed by atoms with E-state index in [1.54, 1.807) is 0 Å². The van der Waals surface area contributed by atoms with E-state index in [1.807, 2.05) is 0 Å². The summed E-state index contributed by atoms with van der Waals surface area (Å²) in [6, 6.07) is 0.583. The van der Waals surface area contributed by atoms with Gasteiger partial charge in [0, 0.05) is 12.5 Å². The lowest BCUT2D eigenvalue weighted by molar-refractivity contribution is 0.594. The Morgan fingerprint density at radius 1 is 1.54 bits per heavy atom. The zero-order valence-electron chi connectivity index (χ0n) is 9.06. The lowest BCUT2D eigenvalue weighted by Crippen LogP contribution is -2.23. The maximum absolute atomic E-state index is 5.18. The van der Waals surface area contributed by atoms with Crippen LogP contribution in [0, 0.1) is 12.3 Å². The first kappa shape index (κ1) is 12.3. The second kappa shape index (κ2) is 7.89. The average Bonchev–Trinajstić information content (AvgIpc) is 2.08. The Morgan fingerprint density at radius 3 is 2.77 bits per heavy atom. The lowest BCUT2D eigenvalue weighted by atomic mass is 10.1. The van der Waals surface area contributed by atoms with Crippen molar-refractivity contribution in [2.45, 2.75) is 46.1 Å². The molecule has 0 aromatic rings. The van der Waals surface area contributed by atoms with Crippen molar-refractivity contribution in [3.8, 4) is 12.3 Å². The molecule has 0 unspecified atom stereocenters. The van der Waals surface area contributed by atoms with Crippen LogP contribution in [-0.2, 0) is 0 Å². The van der Waals surface area contributed by atoms with Gasteiger partial charge in [0.2, 0.25) is 0 Å². The van der Waals surface area contributed by atoms with E-state index < -0.39 is 0 Å². The molecular weight excluding hydrogens is 158 g/mol. The third-order valence-electron chi connectivity index (χ3n) is 1.85. The summed E-state index contributed by atoms with van der Waals surface area (Å²) in [6.45, 7) is 7.53. The van der Waals surface area contributed by atoms with Gasteiger partial charge in [0.05, 0.1) is 0 Å². The SMILES string of the molecule is C#CCCC(C)=CCCNC(C)C. The van der Waals surface area contributed by atoms with E-state index >= 15 is 0 Å². The lowest BCUT2D eigenvalue weighted by Gasteiger charge is -2.05. The number of hydrogen-bond donors (Lipinski definition) is 1. The van der Waals surface area contributed by atoms with Crippen LogP contribution < -0.4 is 5.32 Å². The van der Waals surface area contributed by atoms with E-state index in [4.69, 9.17) is 6.42 Å². The maximum atomic E-state index is 5.18. The van der Waals surface area contributed by atoms with Crippen molar-refractivity contribution in [3.63, 3.8) is 0 Å². The molecule has 0 aliphatic carbocycles. The third kappa shape index (κ3) is 9.17. The molecule has 0 amide bonds. The third-order valence-corrected chi connectivity index (χ3v) is 1.85. The molecule has 74 valence electrons. The van der Waals surface area contributed by atoms with Crippen molar-refractivity contribution in [1.29, 1.82) is 0 Å². The molecule has 0 saturated carbocycles. The van der Waals surface area contributed by atoms with Crippen molar-refractivity contribution in [2.24, 2.45) is 0 Å². The normalized spacial score (nSPS) is 11.8. The quantitative estimate of drug-likeness (QED) is 0.375. The summed E-state index contributed by atoms with van der Waals surface area (Å²) < 4.78 is 0. The molecule has 0 spiro atoms. The van der Waals surface area contributed by atoms with Crippen LogP contribution in [-0.4, -0.2) is 12.6 Å². The fraction of sp³-hybridized carbons (Fsp3) is 0.667. The largest absolute Gasteiger partial charge is 0.314 e. The Morgan fingerprint density at radius 2 is 2.23 bits per heavy atom. The first-order valence-corrected chi connectivity index (χ1v) is 4.99. The first-order valence-electron chi connectivity index (χ1n) is 4.99. The number of hydrogen-bond acceptors (Lipinski definition) is 1.